The van der Waals surface area contributed by atoms with Crippen LogP contribution in [0.4, 0.5) is 0 Å². The van der Waals surface area contributed by atoms with E-state index in [1.807, 2.05) is 42.6 Å². The first-order chi connectivity index (χ1) is 19.7. The monoisotopic (exact) mass is 582 g/mol. The van der Waals surface area contributed by atoms with Crippen molar-refractivity contribution in [2.24, 2.45) is 5.92 Å². The van der Waals surface area contributed by atoms with Crippen molar-refractivity contribution < 1.29 is 28.6 Å². The van der Waals surface area contributed by atoms with E-state index >= 15 is 0 Å². The Hall–Kier alpha value is -3.46. The summed E-state index contributed by atoms with van der Waals surface area (Å²) >= 11 is 1.50. The Bertz CT molecular complexity index is 1230. The maximum absolute atomic E-state index is 13.2. The van der Waals surface area contributed by atoms with Gasteiger partial charge < -0.3 is 19.5 Å². The quantitative estimate of drug-likeness (QED) is 0.166. The van der Waals surface area contributed by atoms with Crippen molar-refractivity contribution in [3.8, 4) is 5.75 Å². The molecule has 0 bridgehead atoms. The van der Waals surface area contributed by atoms with E-state index in [1.54, 1.807) is 33.8 Å². The van der Waals surface area contributed by atoms with Crippen LogP contribution in [-0.2, 0) is 30.3 Å². The number of amides is 1. The molecule has 1 unspecified atom stereocenters. The molecular formula is C32H42N2O6S. The van der Waals surface area contributed by atoms with Crippen LogP contribution in [0.25, 0.3) is 6.08 Å². The summed E-state index contributed by atoms with van der Waals surface area (Å²) in [4.78, 5) is 41.9. The molecule has 8 nitrogen and oxygen atoms in total. The second kappa shape index (κ2) is 16.1. The highest BCUT2D eigenvalue weighted by atomic mass is 32.1. The number of carbonyl (C=O) groups is 3. The fourth-order valence-electron chi connectivity index (χ4n) is 4.75. The van der Waals surface area contributed by atoms with E-state index < -0.39 is 12.1 Å². The Kier molecular flexibility index (Phi) is 12.6. The summed E-state index contributed by atoms with van der Waals surface area (Å²) in [6.07, 6.45) is 8.74. The van der Waals surface area contributed by atoms with E-state index in [-0.39, 0.29) is 23.8 Å². The molecular weight excluding hydrogens is 540 g/mol. The summed E-state index contributed by atoms with van der Waals surface area (Å²) in [5.74, 6) is -0.0623. The standard InChI is InChI=1S/C32H42N2O6S/c1-6-38-31(36)22(4)17-21(3)18-26-20-41-30(33-26)28(34-29(35)25-11-9-8-10-12-25)19-24-13-15-27(16-14-24)40-23(5)32(37)39-7-2/h13-18,20,23,25,28H,6-12,19H2,1-5H3,(H,34,35)/b21-18+,22-17-/t23?,28-/m0/s1. The molecule has 1 fully saturated rings. The van der Waals surface area contributed by atoms with E-state index in [2.05, 4.69) is 5.32 Å². The Morgan fingerprint density at radius 2 is 1.73 bits per heavy atom. The third-order valence-electron chi connectivity index (χ3n) is 6.84. The third kappa shape index (κ3) is 10.1. The van der Waals surface area contributed by atoms with Crippen LogP contribution < -0.4 is 10.1 Å². The van der Waals surface area contributed by atoms with E-state index in [1.165, 1.54) is 17.8 Å². The molecule has 1 aliphatic carbocycles. The summed E-state index contributed by atoms with van der Waals surface area (Å²) in [6.45, 7) is 9.48. The van der Waals surface area contributed by atoms with Crippen molar-refractivity contribution in [2.75, 3.05) is 13.2 Å². The number of rotatable bonds is 13. The molecule has 1 aliphatic rings. The number of ether oxygens (including phenoxy) is 3. The van der Waals surface area contributed by atoms with Gasteiger partial charge in [-0.15, -0.1) is 11.3 Å². The van der Waals surface area contributed by atoms with Gasteiger partial charge in [0.15, 0.2) is 6.10 Å². The Balaban J connectivity index is 1.77. The molecule has 2 atom stereocenters. The average molecular weight is 583 g/mol. The second-order valence-corrected chi connectivity index (χ2v) is 11.2. The maximum Gasteiger partial charge on any atom is 0.347 e. The van der Waals surface area contributed by atoms with Gasteiger partial charge in [0, 0.05) is 16.9 Å². The molecule has 1 heterocycles. The van der Waals surface area contributed by atoms with Gasteiger partial charge >= 0.3 is 11.9 Å². The molecule has 1 saturated carbocycles. The van der Waals surface area contributed by atoms with Crippen molar-refractivity contribution in [3.05, 3.63) is 63.1 Å². The van der Waals surface area contributed by atoms with E-state index in [4.69, 9.17) is 19.2 Å². The number of carbonyl (C=O) groups excluding carboxylic acids is 3. The number of nitrogens with one attached hydrogen (secondary N) is 1. The number of hydrogen-bond acceptors (Lipinski definition) is 8. The van der Waals surface area contributed by atoms with E-state index in [9.17, 15) is 14.4 Å². The molecule has 3 rings (SSSR count). The number of nitrogens with zero attached hydrogens (tertiary/aromatic N) is 1. The summed E-state index contributed by atoms with van der Waals surface area (Å²) in [6, 6.07) is 7.23. The average Bonchev–Trinajstić information content (AvgIpc) is 3.42. The van der Waals surface area contributed by atoms with Crippen LogP contribution in [0, 0.1) is 5.92 Å². The molecule has 2 aromatic rings. The molecule has 1 aromatic heterocycles. The van der Waals surface area contributed by atoms with Crippen molar-refractivity contribution in [3.63, 3.8) is 0 Å². The summed E-state index contributed by atoms with van der Waals surface area (Å²) in [7, 11) is 0. The highest BCUT2D eigenvalue weighted by molar-refractivity contribution is 7.09. The van der Waals surface area contributed by atoms with Gasteiger partial charge in [-0.25, -0.2) is 14.6 Å². The molecule has 1 aromatic carbocycles. The first-order valence-electron chi connectivity index (χ1n) is 14.4. The lowest BCUT2D eigenvalue weighted by Gasteiger charge is -2.24. The van der Waals surface area contributed by atoms with Gasteiger partial charge in [-0.1, -0.05) is 31.4 Å². The molecule has 0 aliphatic heterocycles. The van der Waals surface area contributed by atoms with Crippen LogP contribution in [0.2, 0.25) is 0 Å². The minimum absolute atomic E-state index is 0.0314. The van der Waals surface area contributed by atoms with Gasteiger partial charge in [-0.05, 0) is 89.3 Å². The number of esters is 2. The summed E-state index contributed by atoms with van der Waals surface area (Å²) in [5, 5.41) is 6.05. The molecule has 0 spiro atoms. The van der Waals surface area contributed by atoms with E-state index in [0.717, 1.165) is 47.5 Å². The van der Waals surface area contributed by atoms with Gasteiger partial charge in [0.25, 0.3) is 0 Å². The zero-order chi connectivity index (χ0) is 29.8. The van der Waals surface area contributed by atoms with Crippen molar-refractivity contribution in [2.45, 2.75) is 85.3 Å². The molecule has 0 radical (unpaired) electrons. The zero-order valence-corrected chi connectivity index (χ0v) is 25.6. The lowest BCUT2D eigenvalue weighted by molar-refractivity contribution is -0.150. The van der Waals surface area contributed by atoms with Crippen LogP contribution in [0.15, 0.2) is 46.9 Å². The number of allylic oxidation sites excluding steroid dienone is 2. The first-order valence-corrected chi connectivity index (χ1v) is 15.3. The molecule has 41 heavy (non-hydrogen) atoms. The summed E-state index contributed by atoms with van der Waals surface area (Å²) < 4.78 is 15.8. The van der Waals surface area contributed by atoms with Gasteiger partial charge in [-0.2, -0.15) is 0 Å². The topological polar surface area (TPSA) is 104 Å². The van der Waals surface area contributed by atoms with E-state index in [0.29, 0.717) is 31.0 Å². The normalized spacial score (nSPS) is 16.0. The molecule has 0 saturated heterocycles. The number of benzene rings is 1. The zero-order valence-electron chi connectivity index (χ0n) is 24.7. The fraction of sp³-hybridized carbons (Fsp3) is 0.500. The lowest BCUT2D eigenvalue weighted by Crippen LogP contribution is -2.35. The predicted molar refractivity (Wildman–Crippen MR) is 160 cm³/mol. The number of aromatic nitrogens is 1. The third-order valence-corrected chi connectivity index (χ3v) is 7.82. The minimum atomic E-state index is -0.704. The second-order valence-electron chi connectivity index (χ2n) is 10.3. The number of thiazole rings is 1. The van der Waals surface area contributed by atoms with Crippen molar-refractivity contribution in [1.82, 2.24) is 10.3 Å². The minimum Gasteiger partial charge on any atom is -0.479 e. The highest BCUT2D eigenvalue weighted by Gasteiger charge is 2.26. The van der Waals surface area contributed by atoms with Gasteiger partial charge in [0.1, 0.15) is 10.8 Å². The van der Waals surface area contributed by atoms with Crippen LogP contribution in [0.3, 0.4) is 0 Å². The summed E-state index contributed by atoms with van der Waals surface area (Å²) in [5.41, 5.74) is 3.18. The maximum atomic E-state index is 13.2. The van der Waals surface area contributed by atoms with Crippen LogP contribution in [0.5, 0.6) is 5.75 Å². The van der Waals surface area contributed by atoms with Crippen molar-refractivity contribution >= 4 is 35.3 Å². The van der Waals surface area contributed by atoms with Crippen LogP contribution >= 0.6 is 11.3 Å². The van der Waals surface area contributed by atoms with Gasteiger partial charge in [0.05, 0.1) is 24.9 Å². The van der Waals surface area contributed by atoms with Gasteiger partial charge in [0.2, 0.25) is 5.91 Å². The van der Waals surface area contributed by atoms with Crippen LogP contribution in [-0.4, -0.2) is 42.1 Å². The fourth-order valence-corrected chi connectivity index (χ4v) is 5.58. The first kappa shape index (κ1) is 32.1. The smallest absolute Gasteiger partial charge is 0.347 e. The Morgan fingerprint density at radius 1 is 1.05 bits per heavy atom. The Labute approximate surface area is 247 Å². The van der Waals surface area contributed by atoms with Crippen LogP contribution in [0.1, 0.15) is 89.0 Å². The molecule has 1 amide bonds. The molecule has 222 valence electrons. The van der Waals surface area contributed by atoms with Gasteiger partial charge in [-0.3, -0.25) is 4.79 Å². The Morgan fingerprint density at radius 3 is 2.39 bits per heavy atom. The number of hydrogen-bond donors (Lipinski definition) is 1. The predicted octanol–water partition coefficient (Wildman–Crippen LogP) is 6.37. The largest absolute Gasteiger partial charge is 0.479 e. The molecule has 1 N–H and O–H groups in total. The lowest BCUT2D eigenvalue weighted by atomic mass is 9.88. The molecule has 9 heteroatoms. The SMILES string of the molecule is CCOC(=O)/C(C)=C\C(C)=C\c1csc([C@H](Cc2ccc(OC(C)C(=O)OCC)cc2)NC(=O)C2CCCCC2)n1. The van der Waals surface area contributed by atoms with Crippen molar-refractivity contribution in [1.29, 1.82) is 0 Å². The highest BCUT2D eigenvalue weighted by Crippen LogP contribution is 2.28.